The van der Waals surface area contributed by atoms with E-state index in [1.54, 1.807) is 18.2 Å². The summed E-state index contributed by atoms with van der Waals surface area (Å²) in [6, 6.07) is 6.85. The predicted molar refractivity (Wildman–Crippen MR) is 67.9 cm³/mol. The second kappa shape index (κ2) is 4.79. The number of nitrogens with one attached hydrogen (secondary N) is 1. The summed E-state index contributed by atoms with van der Waals surface area (Å²) in [5, 5.41) is 6.88. The summed E-state index contributed by atoms with van der Waals surface area (Å²) in [6.45, 7) is 2.32. The molecule has 0 atom stereocenters. The molecule has 6 nitrogen and oxygen atoms in total. The van der Waals surface area contributed by atoms with Crippen LogP contribution in [0.15, 0.2) is 28.8 Å². The normalized spacial score (nSPS) is 10.3. The molecule has 1 aromatic heterocycles. The zero-order valence-corrected chi connectivity index (χ0v) is 9.93. The molecule has 0 unspecified atom stereocenters. The number of amides is 1. The fraction of sp³-hybridized carbons (Fsp3) is 0.167. The summed E-state index contributed by atoms with van der Waals surface area (Å²) < 4.78 is 5.06. The van der Waals surface area contributed by atoms with Gasteiger partial charge >= 0.3 is 0 Å². The molecule has 0 bridgehead atoms. The van der Waals surface area contributed by atoms with E-state index in [2.05, 4.69) is 10.5 Å². The number of nitrogen functional groups attached to an aromatic ring is 1. The Morgan fingerprint density at radius 1 is 1.44 bits per heavy atom. The molecule has 0 aliphatic carbocycles. The zero-order valence-electron chi connectivity index (χ0n) is 9.93. The first-order valence-corrected chi connectivity index (χ1v) is 5.41. The van der Waals surface area contributed by atoms with Gasteiger partial charge in [-0.25, -0.2) is 0 Å². The van der Waals surface area contributed by atoms with Gasteiger partial charge in [-0.3, -0.25) is 4.79 Å². The molecule has 0 saturated carbocycles. The maximum atomic E-state index is 11.1. The number of aryl methyl sites for hydroxylation is 1. The number of nitrogens with two attached hydrogens (primary N) is 2. The Bertz CT molecular complexity index is 577. The maximum absolute atomic E-state index is 11.1. The molecule has 6 heteroatoms. The fourth-order valence-electron chi connectivity index (χ4n) is 1.57. The number of anilines is 2. The van der Waals surface area contributed by atoms with Crippen LogP contribution in [0, 0.1) is 6.92 Å². The van der Waals surface area contributed by atoms with Gasteiger partial charge in [-0.2, -0.15) is 0 Å². The smallest absolute Gasteiger partial charge is 0.250 e. The van der Waals surface area contributed by atoms with Gasteiger partial charge in [0.2, 0.25) is 0 Å². The van der Waals surface area contributed by atoms with Crippen LogP contribution in [0.3, 0.4) is 0 Å². The van der Waals surface area contributed by atoms with Crippen molar-refractivity contribution in [2.24, 2.45) is 5.73 Å². The van der Waals surface area contributed by atoms with Crippen molar-refractivity contribution in [2.45, 2.75) is 13.5 Å². The largest absolute Gasteiger partial charge is 0.398 e. The third-order valence-electron chi connectivity index (χ3n) is 2.46. The van der Waals surface area contributed by atoms with Crippen LogP contribution in [0.4, 0.5) is 11.4 Å². The number of primary amides is 1. The van der Waals surface area contributed by atoms with Crippen molar-refractivity contribution in [1.82, 2.24) is 5.16 Å². The molecule has 1 aromatic carbocycles. The molecule has 1 heterocycles. The van der Waals surface area contributed by atoms with Crippen molar-refractivity contribution in [2.75, 3.05) is 11.1 Å². The van der Waals surface area contributed by atoms with E-state index >= 15 is 0 Å². The first-order chi connectivity index (χ1) is 8.56. The molecule has 2 aromatic rings. The van der Waals surface area contributed by atoms with Crippen molar-refractivity contribution >= 4 is 17.3 Å². The van der Waals surface area contributed by atoms with E-state index in [0.29, 0.717) is 23.6 Å². The topological polar surface area (TPSA) is 107 Å². The number of rotatable bonds is 4. The fourth-order valence-corrected chi connectivity index (χ4v) is 1.57. The second-order valence-corrected chi connectivity index (χ2v) is 3.95. The SMILES string of the molecule is Cc1cc(CNc2ccc(N)c(C(N)=O)c2)on1. The summed E-state index contributed by atoms with van der Waals surface area (Å²) in [5.74, 6) is 0.164. The van der Waals surface area contributed by atoms with E-state index in [9.17, 15) is 4.79 Å². The van der Waals surface area contributed by atoms with Gasteiger partial charge in [-0.1, -0.05) is 5.16 Å². The number of carbonyl (C=O) groups is 1. The Balaban J connectivity index is 2.10. The van der Waals surface area contributed by atoms with Gasteiger partial charge in [0.25, 0.3) is 5.91 Å². The molecule has 0 saturated heterocycles. The van der Waals surface area contributed by atoms with Gasteiger partial charge in [-0.15, -0.1) is 0 Å². The van der Waals surface area contributed by atoms with Crippen LogP contribution < -0.4 is 16.8 Å². The molecular formula is C12H14N4O2. The summed E-state index contributed by atoms with van der Waals surface area (Å²) in [6.07, 6.45) is 0. The number of aromatic nitrogens is 1. The van der Waals surface area contributed by atoms with Crippen LogP contribution in [-0.2, 0) is 6.54 Å². The third-order valence-corrected chi connectivity index (χ3v) is 2.46. The van der Waals surface area contributed by atoms with Crippen LogP contribution in [0.1, 0.15) is 21.8 Å². The van der Waals surface area contributed by atoms with Crippen molar-refractivity contribution in [3.63, 3.8) is 0 Å². The zero-order chi connectivity index (χ0) is 13.1. The van der Waals surface area contributed by atoms with Crippen molar-refractivity contribution in [3.8, 4) is 0 Å². The number of hydrogen-bond donors (Lipinski definition) is 3. The minimum absolute atomic E-state index is 0.300. The molecule has 2 rings (SSSR count). The van der Waals surface area contributed by atoms with E-state index in [-0.39, 0.29) is 0 Å². The molecule has 0 spiro atoms. The van der Waals surface area contributed by atoms with Gasteiger partial charge in [0.05, 0.1) is 17.8 Å². The first kappa shape index (κ1) is 12.0. The van der Waals surface area contributed by atoms with Crippen molar-refractivity contribution in [3.05, 3.63) is 41.3 Å². The summed E-state index contributed by atoms with van der Waals surface area (Å²) >= 11 is 0. The third kappa shape index (κ3) is 2.60. The Hall–Kier alpha value is -2.50. The minimum Gasteiger partial charge on any atom is -0.398 e. The Kier molecular flexibility index (Phi) is 3.18. The minimum atomic E-state index is -0.549. The first-order valence-electron chi connectivity index (χ1n) is 5.41. The lowest BCUT2D eigenvalue weighted by Gasteiger charge is -2.07. The van der Waals surface area contributed by atoms with Gasteiger partial charge in [0.15, 0.2) is 5.76 Å². The highest BCUT2D eigenvalue weighted by molar-refractivity contribution is 5.98. The number of benzene rings is 1. The Labute approximate surface area is 104 Å². The van der Waals surface area contributed by atoms with Gasteiger partial charge in [0, 0.05) is 17.4 Å². The number of hydrogen-bond acceptors (Lipinski definition) is 5. The average molecular weight is 246 g/mol. The summed E-state index contributed by atoms with van der Waals surface area (Å²) in [5.41, 5.74) is 13.1. The van der Waals surface area contributed by atoms with Crippen molar-refractivity contribution < 1.29 is 9.32 Å². The molecule has 1 amide bonds. The highest BCUT2D eigenvalue weighted by Gasteiger charge is 2.07. The predicted octanol–water partition coefficient (Wildman–Crippen LogP) is 1.28. The lowest BCUT2D eigenvalue weighted by molar-refractivity contribution is 0.100. The van der Waals surface area contributed by atoms with Crippen LogP contribution in [-0.4, -0.2) is 11.1 Å². The molecule has 0 radical (unpaired) electrons. The second-order valence-electron chi connectivity index (χ2n) is 3.95. The standard InChI is InChI=1S/C12H14N4O2/c1-7-4-9(18-16-7)6-15-8-2-3-11(13)10(5-8)12(14)17/h2-5,15H,6,13H2,1H3,(H2,14,17). The monoisotopic (exact) mass is 246 g/mol. The average Bonchev–Trinajstić information content (AvgIpc) is 2.74. The van der Waals surface area contributed by atoms with Gasteiger partial charge in [-0.05, 0) is 25.1 Å². The van der Waals surface area contributed by atoms with E-state index in [4.69, 9.17) is 16.0 Å². The number of nitrogens with zero attached hydrogens (tertiary/aromatic N) is 1. The Morgan fingerprint density at radius 3 is 2.83 bits per heavy atom. The Morgan fingerprint density at radius 2 is 2.22 bits per heavy atom. The molecule has 0 aliphatic rings. The number of carbonyl (C=O) groups excluding carboxylic acids is 1. The lowest BCUT2D eigenvalue weighted by atomic mass is 10.1. The van der Waals surface area contributed by atoms with Crippen LogP contribution in [0.5, 0.6) is 0 Å². The summed E-state index contributed by atoms with van der Waals surface area (Å²) in [7, 11) is 0. The van der Waals surface area contributed by atoms with Crippen molar-refractivity contribution in [1.29, 1.82) is 0 Å². The van der Waals surface area contributed by atoms with Crippen LogP contribution >= 0.6 is 0 Å². The van der Waals surface area contributed by atoms with E-state index < -0.39 is 5.91 Å². The highest BCUT2D eigenvalue weighted by atomic mass is 16.5. The molecule has 0 aliphatic heterocycles. The van der Waals surface area contributed by atoms with E-state index in [1.165, 1.54) is 0 Å². The maximum Gasteiger partial charge on any atom is 0.250 e. The van der Waals surface area contributed by atoms with E-state index in [1.807, 2.05) is 13.0 Å². The molecule has 94 valence electrons. The quantitative estimate of drug-likeness (QED) is 0.704. The molecule has 0 fully saturated rings. The lowest BCUT2D eigenvalue weighted by Crippen LogP contribution is -2.14. The van der Waals surface area contributed by atoms with Crippen LogP contribution in [0.25, 0.3) is 0 Å². The highest BCUT2D eigenvalue weighted by Crippen LogP contribution is 2.18. The van der Waals surface area contributed by atoms with Gasteiger partial charge in [0.1, 0.15) is 0 Å². The molecule has 5 N–H and O–H groups in total. The molecule has 18 heavy (non-hydrogen) atoms. The van der Waals surface area contributed by atoms with Crippen LogP contribution in [0.2, 0.25) is 0 Å². The van der Waals surface area contributed by atoms with Gasteiger partial charge < -0.3 is 21.3 Å². The molecular weight excluding hydrogens is 232 g/mol. The summed E-state index contributed by atoms with van der Waals surface area (Å²) in [4.78, 5) is 11.1. The van der Waals surface area contributed by atoms with E-state index in [0.717, 1.165) is 11.4 Å².